The van der Waals surface area contributed by atoms with Crippen LogP contribution in [0.5, 0.6) is 0 Å². The molecule has 1 saturated carbocycles. The molecular formula is C17H21N7O. The first kappa shape index (κ1) is 15.7. The molecule has 3 N–H and O–H groups in total. The molecule has 0 radical (unpaired) electrons. The van der Waals surface area contributed by atoms with Crippen LogP contribution >= 0.6 is 0 Å². The Morgan fingerprint density at radius 2 is 2.32 bits per heavy atom. The minimum Gasteiger partial charge on any atom is -0.477 e. The molecule has 3 heterocycles. The molecule has 4 rings (SSSR count). The molecule has 1 aliphatic rings. The highest BCUT2D eigenvalue weighted by Crippen LogP contribution is 2.44. The minimum absolute atomic E-state index is 0.0791. The maximum absolute atomic E-state index is 7.46. The molecule has 3 aromatic heterocycles. The van der Waals surface area contributed by atoms with E-state index < -0.39 is 0 Å². The van der Waals surface area contributed by atoms with Crippen LogP contribution in [0, 0.1) is 22.7 Å². The third kappa shape index (κ3) is 2.67. The lowest BCUT2D eigenvalue weighted by molar-refractivity contribution is 0.239. The Bertz CT molecular complexity index is 928. The number of nitrogens with one attached hydrogen (secondary N) is 3. The quantitative estimate of drug-likeness (QED) is 0.489. The topological polar surface area (TPSA) is 116 Å². The van der Waals surface area contributed by atoms with E-state index >= 15 is 0 Å². The zero-order valence-electron chi connectivity index (χ0n) is 14.1. The lowest BCUT2D eigenvalue weighted by atomic mass is 9.93. The zero-order chi connectivity index (χ0) is 17.4. The lowest BCUT2D eigenvalue weighted by Crippen LogP contribution is -2.12. The number of aromatic nitrogens is 5. The number of fused-ring (bicyclic) bond motifs is 3. The normalized spacial score (nSPS) is 23.3. The van der Waals surface area contributed by atoms with E-state index in [2.05, 4.69) is 31.5 Å². The molecule has 0 spiro atoms. The third-order valence-corrected chi connectivity index (χ3v) is 5.22. The van der Waals surface area contributed by atoms with Gasteiger partial charge < -0.3 is 15.1 Å². The van der Waals surface area contributed by atoms with Gasteiger partial charge in [0, 0.05) is 12.1 Å². The summed E-state index contributed by atoms with van der Waals surface area (Å²) in [6, 6.07) is 2.00. The van der Waals surface area contributed by atoms with Crippen molar-refractivity contribution in [1.82, 2.24) is 24.6 Å². The highest BCUT2D eigenvalue weighted by Gasteiger charge is 2.37. The van der Waals surface area contributed by atoms with E-state index in [9.17, 15) is 0 Å². The van der Waals surface area contributed by atoms with Crippen LogP contribution in [-0.2, 0) is 4.74 Å². The molecule has 0 bridgehead atoms. The van der Waals surface area contributed by atoms with E-state index in [1.165, 1.54) is 0 Å². The molecule has 130 valence electrons. The van der Waals surface area contributed by atoms with E-state index in [1.807, 2.05) is 12.3 Å². The maximum atomic E-state index is 7.46. The van der Waals surface area contributed by atoms with Crippen LogP contribution in [0.2, 0.25) is 0 Å². The highest BCUT2D eigenvalue weighted by molar-refractivity contribution is 6.23. The van der Waals surface area contributed by atoms with Gasteiger partial charge in [0.2, 0.25) is 5.90 Å². The molecule has 0 amide bonds. The van der Waals surface area contributed by atoms with Crippen LogP contribution < -0.4 is 0 Å². The summed E-state index contributed by atoms with van der Waals surface area (Å²) >= 11 is 0. The van der Waals surface area contributed by atoms with Gasteiger partial charge in [-0.25, -0.2) is 4.98 Å². The van der Waals surface area contributed by atoms with Gasteiger partial charge >= 0.3 is 0 Å². The molecule has 8 nitrogen and oxygen atoms in total. The molecular weight excluding hydrogens is 318 g/mol. The maximum Gasteiger partial charge on any atom is 0.223 e. The van der Waals surface area contributed by atoms with E-state index in [1.54, 1.807) is 6.20 Å². The van der Waals surface area contributed by atoms with Crippen molar-refractivity contribution in [1.29, 1.82) is 10.8 Å². The standard InChI is InChI=1S/C17H21N7O/c1-2-11-5-10(9-25-14(19)7-18)6-12(11)17-23-22-15-8-21-16-13(24(15)17)3-4-20-16/h3-4,7-8,10-12,18-20H,2,5-6,9H2,1H3/t10-,11+,12-/m0/s1. The average Bonchev–Trinajstić information content (AvgIpc) is 3.34. The molecule has 0 saturated heterocycles. The van der Waals surface area contributed by atoms with E-state index in [0.717, 1.165) is 48.1 Å². The van der Waals surface area contributed by atoms with Gasteiger partial charge in [0.1, 0.15) is 5.82 Å². The number of hydrogen-bond acceptors (Lipinski definition) is 6. The van der Waals surface area contributed by atoms with Crippen molar-refractivity contribution in [2.45, 2.75) is 32.1 Å². The summed E-state index contributed by atoms with van der Waals surface area (Å²) in [5, 5.41) is 23.3. The first-order chi connectivity index (χ1) is 12.2. The summed E-state index contributed by atoms with van der Waals surface area (Å²) in [6.07, 6.45) is 7.64. The van der Waals surface area contributed by atoms with Gasteiger partial charge in [-0.15, -0.1) is 10.2 Å². The Balaban J connectivity index is 1.66. The molecule has 3 atom stereocenters. The molecule has 25 heavy (non-hydrogen) atoms. The first-order valence-electron chi connectivity index (χ1n) is 8.60. The SMILES string of the molecule is CC[C@@H]1C[C@H](COC(=N)C=N)C[C@@H]1c1nnc2cnc3[nH]ccc3n12. The zero-order valence-corrected chi connectivity index (χ0v) is 14.1. The lowest BCUT2D eigenvalue weighted by Gasteiger charge is -2.16. The van der Waals surface area contributed by atoms with Crippen LogP contribution in [0.25, 0.3) is 16.8 Å². The molecule has 8 heteroatoms. The summed E-state index contributed by atoms with van der Waals surface area (Å²) in [6.45, 7) is 2.69. The molecule has 1 aliphatic carbocycles. The summed E-state index contributed by atoms with van der Waals surface area (Å²) in [5.74, 6) is 2.09. The van der Waals surface area contributed by atoms with Gasteiger partial charge in [0.25, 0.3) is 0 Å². The highest BCUT2D eigenvalue weighted by atomic mass is 16.5. The number of aromatic amines is 1. The smallest absolute Gasteiger partial charge is 0.223 e. The number of nitrogens with zero attached hydrogens (tertiary/aromatic N) is 4. The molecule has 0 aromatic carbocycles. The van der Waals surface area contributed by atoms with Crippen molar-refractivity contribution >= 4 is 28.9 Å². The average molecular weight is 339 g/mol. The summed E-state index contributed by atoms with van der Waals surface area (Å²) in [7, 11) is 0. The largest absolute Gasteiger partial charge is 0.477 e. The molecule has 3 aromatic rings. The van der Waals surface area contributed by atoms with Crippen molar-refractivity contribution in [2.75, 3.05) is 6.61 Å². The van der Waals surface area contributed by atoms with Crippen molar-refractivity contribution in [2.24, 2.45) is 11.8 Å². The van der Waals surface area contributed by atoms with Gasteiger partial charge in [0.15, 0.2) is 11.3 Å². The van der Waals surface area contributed by atoms with Gasteiger partial charge in [-0.3, -0.25) is 9.81 Å². The van der Waals surface area contributed by atoms with Gasteiger partial charge in [-0.1, -0.05) is 13.3 Å². The van der Waals surface area contributed by atoms with Crippen LogP contribution in [0.3, 0.4) is 0 Å². The second-order valence-corrected chi connectivity index (χ2v) is 6.65. The van der Waals surface area contributed by atoms with E-state index in [0.29, 0.717) is 24.4 Å². The summed E-state index contributed by atoms with van der Waals surface area (Å²) < 4.78 is 7.47. The minimum atomic E-state index is -0.0791. The van der Waals surface area contributed by atoms with Gasteiger partial charge in [0.05, 0.1) is 24.5 Å². The number of hydrogen-bond donors (Lipinski definition) is 3. The first-order valence-corrected chi connectivity index (χ1v) is 8.60. The fraction of sp³-hybridized carbons (Fsp3) is 0.471. The molecule has 0 unspecified atom stereocenters. The van der Waals surface area contributed by atoms with Crippen LogP contribution in [0.4, 0.5) is 0 Å². The molecule has 0 aliphatic heterocycles. The van der Waals surface area contributed by atoms with Gasteiger partial charge in [-0.05, 0) is 30.7 Å². The monoisotopic (exact) mass is 339 g/mol. The van der Waals surface area contributed by atoms with Crippen LogP contribution in [0.15, 0.2) is 18.5 Å². The van der Waals surface area contributed by atoms with Crippen LogP contribution in [-0.4, -0.2) is 43.3 Å². The van der Waals surface area contributed by atoms with E-state index in [-0.39, 0.29) is 5.90 Å². The van der Waals surface area contributed by atoms with Crippen molar-refractivity contribution in [3.05, 3.63) is 24.3 Å². The van der Waals surface area contributed by atoms with Gasteiger partial charge in [-0.2, -0.15) is 0 Å². The van der Waals surface area contributed by atoms with Crippen molar-refractivity contribution < 1.29 is 4.74 Å². The summed E-state index contributed by atoms with van der Waals surface area (Å²) in [4.78, 5) is 7.52. The summed E-state index contributed by atoms with van der Waals surface area (Å²) in [5.41, 5.74) is 2.60. The second-order valence-electron chi connectivity index (χ2n) is 6.65. The van der Waals surface area contributed by atoms with E-state index in [4.69, 9.17) is 15.6 Å². The predicted octanol–water partition coefficient (Wildman–Crippen LogP) is 2.77. The Kier molecular flexibility index (Phi) is 3.95. The number of H-pyrrole nitrogens is 1. The Morgan fingerprint density at radius 1 is 1.44 bits per heavy atom. The number of rotatable bonds is 5. The predicted molar refractivity (Wildman–Crippen MR) is 94.3 cm³/mol. The van der Waals surface area contributed by atoms with Crippen molar-refractivity contribution in [3.8, 4) is 0 Å². The number of ether oxygens (including phenoxy) is 1. The fourth-order valence-electron chi connectivity index (χ4n) is 4.03. The Hall–Kier alpha value is -2.77. The third-order valence-electron chi connectivity index (χ3n) is 5.22. The Morgan fingerprint density at radius 3 is 3.12 bits per heavy atom. The van der Waals surface area contributed by atoms with Crippen molar-refractivity contribution in [3.63, 3.8) is 0 Å². The second kappa shape index (κ2) is 6.27. The molecule has 1 fully saturated rings. The fourth-order valence-corrected chi connectivity index (χ4v) is 4.03. The van der Waals surface area contributed by atoms with Crippen LogP contribution in [0.1, 0.15) is 37.9 Å². The Labute approximate surface area is 144 Å².